The zero-order valence-corrected chi connectivity index (χ0v) is 16.6. The molecule has 2 aromatic rings. The third-order valence-electron chi connectivity index (χ3n) is 5.53. The molecule has 0 saturated heterocycles. The van der Waals surface area contributed by atoms with Crippen LogP contribution in [0.2, 0.25) is 10.0 Å². The Hall–Kier alpha value is -1.81. The molecular weight excluding hydrogens is 381 g/mol. The van der Waals surface area contributed by atoms with Crippen LogP contribution < -0.4 is 0 Å². The zero-order chi connectivity index (χ0) is 19.1. The summed E-state index contributed by atoms with van der Waals surface area (Å²) in [4.78, 5) is 15.1. The number of fused-ring (bicyclic) bond motifs is 2. The number of carbonyl (C=O) groups is 1. The third kappa shape index (κ3) is 3.52. The van der Waals surface area contributed by atoms with Gasteiger partial charge in [-0.1, -0.05) is 41.4 Å². The normalized spacial score (nSPS) is 18.1. The largest absolute Gasteiger partial charge is 0.392 e. The number of nitrogens with zero attached hydrogens (tertiary/aromatic N) is 1. The van der Waals surface area contributed by atoms with Crippen molar-refractivity contribution in [2.75, 3.05) is 13.1 Å². The Balaban J connectivity index is 1.57. The van der Waals surface area contributed by atoms with Gasteiger partial charge in [-0.05, 0) is 71.9 Å². The van der Waals surface area contributed by atoms with Gasteiger partial charge in [-0.15, -0.1) is 0 Å². The number of carbonyl (C=O) groups excluding carboxylic acids is 1. The van der Waals surface area contributed by atoms with E-state index in [1.807, 2.05) is 29.2 Å². The van der Waals surface area contributed by atoms with E-state index in [0.29, 0.717) is 18.1 Å². The van der Waals surface area contributed by atoms with Crippen molar-refractivity contribution in [2.45, 2.75) is 31.8 Å². The number of hydrogen-bond acceptors (Lipinski definition) is 2. The van der Waals surface area contributed by atoms with Crippen molar-refractivity contribution in [1.82, 2.24) is 4.90 Å². The number of benzene rings is 2. The highest BCUT2D eigenvalue weighted by Gasteiger charge is 2.34. The summed E-state index contributed by atoms with van der Waals surface area (Å²) in [7, 11) is 0. The summed E-state index contributed by atoms with van der Waals surface area (Å²) in [6.45, 7) is 2.93. The van der Waals surface area contributed by atoms with E-state index in [1.54, 1.807) is 19.1 Å². The predicted molar refractivity (Wildman–Crippen MR) is 109 cm³/mol. The summed E-state index contributed by atoms with van der Waals surface area (Å²) in [6, 6.07) is 13.2. The second-order valence-electron chi connectivity index (χ2n) is 7.34. The summed E-state index contributed by atoms with van der Waals surface area (Å²) in [5, 5.41) is 11.7. The number of aliphatic hydroxyl groups is 1. The lowest BCUT2D eigenvalue weighted by molar-refractivity contribution is -0.134. The minimum Gasteiger partial charge on any atom is -0.392 e. The van der Waals surface area contributed by atoms with E-state index in [-0.39, 0.29) is 5.91 Å². The van der Waals surface area contributed by atoms with Crippen LogP contribution in [0.1, 0.15) is 36.0 Å². The first-order valence-electron chi connectivity index (χ1n) is 9.16. The van der Waals surface area contributed by atoms with E-state index in [9.17, 15) is 9.90 Å². The van der Waals surface area contributed by atoms with E-state index in [1.165, 1.54) is 22.3 Å². The van der Waals surface area contributed by atoms with Crippen LogP contribution in [0.15, 0.2) is 48.0 Å². The molecule has 1 amide bonds. The van der Waals surface area contributed by atoms with Crippen molar-refractivity contribution in [1.29, 1.82) is 0 Å². The minimum atomic E-state index is -0.770. The Labute approximate surface area is 169 Å². The van der Waals surface area contributed by atoms with Gasteiger partial charge in [0.25, 0.3) is 0 Å². The van der Waals surface area contributed by atoms with Crippen molar-refractivity contribution >= 4 is 34.7 Å². The number of amides is 1. The van der Waals surface area contributed by atoms with Crippen LogP contribution in [0, 0.1) is 0 Å². The molecule has 2 aromatic carbocycles. The fourth-order valence-corrected chi connectivity index (χ4v) is 4.51. The molecule has 0 saturated carbocycles. The van der Waals surface area contributed by atoms with Crippen molar-refractivity contribution in [2.24, 2.45) is 0 Å². The van der Waals surface area contributed by atoms with Crippen LogP contribution in [-0.2, 0) is 11.2 Å². The fraction of sp³-hybridized carbons (Fsp3) is 0.318. The average molecular weight is 402 g/mol. The van der Waals surface area contributed by atoms with Gasteiger partial charge in [0.15, 0.2) is 0 Å². The summed E-state index contributed by atoms with van der Waals surface area (Å²) >= 11 is 12.1. The summed E-state index contributed by atoms with van der Waals surface area (Å²) in [5.41, 5.74) is 5.92. The molecule has 140 valence electrons. The lowest BCUT2D eigenvalue weighted by Gasteiger charge is -2.33. The minimum absolute atomic E-state index is 0.0344. The van der Waals surface area contributed by atoms with Crippen molar-refractivity contribution < 1.29 is 9.90 Å². The third-order valence-corrected chi connectivity index (χ3v) is 6.02. The van der Waals surface area contributed by atoms with Crippen LogP contribution >= 0.6 is 23.2 Å². The lowest BCUT2D eigenvalue weighted by atomic mass is 9.91. The molecule has 2 aliphatic rings. The Morgan fingerprint density at radius 2 is 1.81 bits per heavy atom. The maximum atomic E-state index is 13.2. The molecule has 1 aliphatic carbocycles. The van der Waals surface area contributed by atoms with Crippen LogP contribution in [-0.4, -0.2) is 35.1 Å². The molecule has 1 aliphatic heterocycles. The Morgan fingerprint density at radius 3 is 2.52 bits per heavy atom. The SMILES string of the molecule is CC(O)C(C(=O)N1CCC2=C(Cc3ccc(Cl)cc32)C1)c1ccc(Cl)cc1. The standard InChI is InChI=1S/C22H21Cl2NO2/c1-13(26)21(14-2-5-17(23)6-3-14)22(27)25-9-8-19-16(12-25)10-15-4-7-18(24)11-20(15)19/h2-7,11,13,21,26H,8-10,12H2,1H3. The van der Waals surface area contributed by atoms with Crippen molar-refractivity contribution in [3.63, 3.8) is 0 Å². The Bertz CT molecular complexity index is 918. The molecule has 2 atom stereocenters. The molecule has 5 heteroatoms. The predicted octanol–water partition coefficient (Wildman–Crippen LogP) is 4.70. The van der Waals surface area contributed by atoms with Gasteiger partial charge in [-0.25, -0.2) is 0 Å². The second-order valence-corrected chi connectivity index (χ2v) is 8.21. The first kappa shape index (κ1) is 18.5. The molecule has 0 fully saturated rings. The monoisotopic (exact) mass is 401 g/mol. The molecule has 3 nitrogen and oxygen atoms in total. The van der Waals surface area contributed by atoms with Crippen LogP contribution in [0.3, 0.4) is 0 Å². The maximum Gasteiger partial charge on any atom is 0.233 e. The van der Waals surface area contributed by atoms with Crippen LogP contribution in [0.25, 0.3) is 5.57 Å². The molecule has 0 bridgehead atoms. The molecule has 0 aromatic heterocycles. The number of aliphatic hydroxyl groups excluding tert-OH is 1. The molecule has 27 heavy (non-hydrogen) atoms. The van der Waals surface area contributed by atoms with Gasteiger partial charge in [0.1, 0.15) is 0 Å². The topological polar surface area (TPSA) is 40.5 Å². The average Bonchev–Trinajstić information content (AvgIpc) is 3.00. The van der Waals surface area contributed by atoms with Gasteiger partial charge in [0.05, 0.1) is 12.0 Å². The number of hydrogen-bond donors (Lipinski definition) is 1. The molecule has 0 spiro atoms. The fourth-order valence-electron chi connectivity index (χ4n) is 4.21. The highest BCUT2D eigenvalue weighted by Crippen LogP contribution is 2.40. The van der Waals surface area contributed by atoms with Gasteiger partial charge in [-0.2, -0.15) is 0 Å². The first-order chi connectivity index (χ1) is 12.9. The zero-order valence-electron chi connectivity index (χ0n) is 15.1. The summed E-state index contributed by atoms with van der Waals surface area (Å²) < 4.78 is 0. The molecular formula is C22H21Cl2NO2. The first-order valence-corrected chi connectivity index (χ1v) is 9.91. The highest BCUT2D eigenvalue weighted by atomic mass is 35.5. The van der Waals surface area contributed by atoms with Gasteiger partial charge >= 0.3 is 0 Å². The summed E-state index contributed by atoms with van der Waals surface area (Å²) in [5.74, 6) is -0.615. The van der Waals surface area contributed by atoms with E-state index >= 15 is 0 Å². The van der Waals surface area contributed by atoms with Crippen molar-refractivity contribution in [3.05, 3.63) is 74.8 Å². The molecule has 1 heterocycles. The second kappa shape index (κ2) is 7.31. The maximum absolute atomic E-state index is 13.2. The van der Waals surface area contributed by atoms with Gasteiger partial charge in [0.2, 0.25) is 5.91 Å². The molecule has 0 radical (unpaired) electrons. The molecule has 2 unspecified atom stereocenters. The van der Waals surface area contributed by atoms with E-state index in [4.69, 9.17) is 23.2 Å². The Kier molecular flexibility index (Phi) is 5.02. The lowest BCUT2D eigenvalue weighted by Crippen LogP contribution is -2.42. The quantitative estimate of drug-likeness (QED) is 0.809. The van der Waals surface area contributed by atoms with E-state index < -0.39 is 12.0 Å². The summed E-state index contributed by atoms with van der Waals surface area (Å²) in [6.07, 6.45) is 0.918. The van der Waals surface area contributed by atoms with Gasteiger partial charge < -0.3 is 10.0 Å². The molecule has 1 N–H and O–H groups in total. The van der Waals surface area contributed by atoms with Crippen LogP contribution in [0.5, 0.6) is 0 Å². The highest BCUT2D eigenvalue weighted by molar-refractivity contribution is 6.31. The van der Waals surface area contributed by atoms with Crippen molar-refractivity contribution in [3.8, 4) is 0 Å². The van der Waals surface area contributed by atoms with E-state index in [0.717, 1.165) is 23.4 Å². The van der Waals surface area contributed by atoms with Gasteiger partial charge in [0, 0.05) is 23.1 Å². The Morgan fingerprint density at radius 1 is 1.11 bits per heavy atom. The van der Waals surface area contributed by atoms with Crippen LogP contribution in [0.4, 0.5) is 0 Å². The molecule has 4 rings (SSSR count). The smallest absolute Gasteiger partial charge is 0.233 e. The van der Waals surface area contributed by atoms with Gasteiger partial charge in [-0.3, -0.25) is 4.79 Å². The number of rotatable bonds is 3. The number of halogens is 2. The van der Waals surface area contributed by atoms with E-state index in [2.05, 4.69) is 6.07 Å².